The number of carbonyl (C=O) groups excluding carboxylic acids is 1. The van der Waals surface area contributed by atoms with Gasteiger partial charge in [-0.3, -0.25) is 4.79 Å². The van der Waals surface area contributed by atoms with Crippen LogP contribution < -0.4 is 4.90 Å². The molecule has 0 saturated carbocycles. The zero-order chi connectivity index (χ0) is 19.4. The molecule has 1 aromatic heterocycles. The van der Waals surface area contributed by atoms with E-state index < -0.39 is 11.7 Å². The lowest BCUT2D eigenvalue weighted by molar-refractivity contribution is -0.138. The van der Waals surface area contributed by atoms with Gasteiger partial charge in [-0.25, -0.2) is 9.37 Å². The van der Waals surface area contributed by atoms with Crippen molar-refractivity contribution in [2.45, 2.75) is 11.2 Å². The minimum Gasteiger partial charge on any atom is -0.366 e. The molecule has 1 fully saturated rings. The van der Waals surface area contributed by atoms with Gasteiger partial charge in [0, 0.05) is 32.4 Å². The van der Waals surface area contributed by atoms with E-state index in [4.69, 9.17) is 0 Å². The number of piperazine rings is 1. The predicted octanol–water partition coefficient (Wildman–Crippen LogP) is 3.68. The highest BCUT2D eigenvalue weighted by molar-refractivity contribution is 7.99. The molecule has 0 spiro atoms. The molecule has 0 atom stereocenters. The van der Waals surface area contributed by atoms with Gasteiger partial charge in [0.25, 0.3) is 0 Å². The highest BCUT2D eigenvalue weighted by atomic mass is 32.2. The molecule has 2 heterocycles. The first-order valence-corrected chi connectivity index (χ1v) is 9.26. The summed E-state index contributed by atoms with van der Waals surface area (Å²) in [6.45, 7) is 1.98. The van der Waals surface area contributed by atoms with Crippen LogP contribution in [0, 0.1) is 5.82 Å². The Balaban J connectivity index is 1.49. The van der Waals surface area contributed by atoms with Crippen molar-refractivity contribution in [1.82, 2.24) is 9.88 Å². The Kier molecular flexibility index (Phi) is 5.88. The van der Waals surface area contributed by atoms with Crippen LogP contribution in [-0.4, -0.2) is 47.7 Å². The minimum absolute atomic E-state index is 0.0953. The van der Waals surface area contributed by atoms with Gasteiger partial charge in [-0.1, -0.05) is 23.9 Å². The zero-order valence-electron chi connectivity index (χ0n) is 14.2. The molecule has 0 aliphatic carbocycles. The summed E-state index contributed by atoms with van der Waals surface area (Å²) in [6.07, 6.45) is -3.66. The number of benzene rings is 1. The van der Waals surface area contributed by atoms with Gasteiger partial charge in [-0.2, -0.15) is 13.2 Å². The number of hydrogen-bond donors (Lipinski definition) is 0. The number of amides is 1. The predicted molar refractivity (Wildman–Crippen MR) is 95.2 cm³/mol. The fourth-order valence-corrected chi connectivity index (χ4v) is 3.51. The van der Waals surface area contributed by atoms with Gasteiger partial charge in [0.15, 0.2) is 0 Å². The third-order valence-corrected chi connectivity index (χ3v) is 5.16. The summed E-state index contributed by atoms with van der Waals surface area (Å²) in [5.41, 5.74) is -0.296. The number of nitrogens with zero attached hydrogens (tertiary/aromatic N) is 3. The number of alkyl halides is 3. The molecular weight excluding hydrogens is 382 g/mol. The Hall–Kier alpha value is -2.29. The number of aromatic nitrogens is 1. The number of anilines is 1. The van der Waals surface area contributed by atoms with E-state index in [1.165, 1.54) is 12.1 Å². The highest BCUT2D eigenvalue weighted by Crippen LogP contribution is 2.29. The topological polar surface area (TPSA) is 36.4 Å². The van der Waals surface area contributed by atoms with E-state index in [0.717, 1.165) is 24.0 Å². The molecule has 0 unspecified atom stereocenters. The van der Waals surface area contributed by atoms with E-state index >= 15 is 0 Å². The monoisotopic (exact) mass is 399 g/mol. The van der Waals surface area contributed by atoms with Crippen molar-refractivity contribution in [2.75, 3.05) is 36.8 Å². The highest BCUT2D eigenvalue weighted by Gasteiger charge is 2.30. The first kappa shape index (κ1) is 19.5. The number of halogens is 4. The van der Waals surface area contributed by atoms with Crippen LogP contribution in [-0.2, 0) is 11.0 Å². The van der Waals surface area contributed by atoms with E-state index in [-0.39, 0.29) is 17.5 Å². The lowest BCUT2D eigenvalue weighted by atomic mass is 10.2. The molecule has 0 radical (unpaired) electrons. The second kappa shape index (κ2) is 8.16. The molecule has 3 rings (SSSR count). The van der Waals surface area contributed by atoms with Crippen molar-refractivity contribution in [1.29, 1.82) is 0 Å². The van der Waals surface area contributed by atoms with Crippen molar-refractivity contribution in [3.63, 3.8) is 0 Å². The summed E-state index contributed by atoms with van der Waals surface area (Å²) in [4.78, 5) is 19.6. The molecule has 4 nitrogen and oxygen atoms in total. The first-order valence-electron chi connectivity index (χ1n) is 8.28. The van der Waals surface area contributed by atoms with Crippen LogP contribution in [0.2, 0.25) is 0 Å². The molecule has 2 aromatic rings. The van der Waals surface area contributed by atoms with Crippen LogP contribution in [0.25, 0.3) is 0 Å². The lowest BCUT2D eigenvalue weighted by Crippen LogP contribution is -2.49. The van der Waals surface area contributed by atoms with Crippen LogP contribution in [0.3, 0.4) is 0 Å². The molecule has 1 amide bonds. The number of rotatable bonds is 4. The number of carbonyl (C=O) groups is 1. The van der Waals surface area contributed by atoms with Crippen LogP contribution in [0.4, 0.5) is 23.2 Å². The maximum Gasteiger partial charge on any atom is 0.417 e. The van der Waals surface area contributed by atoms with E-state index in [9.17, 15) is 22.4 Å². The molecular formula is C18H17F4N3OS. The molecule has 1 aliphatic rings. The van der Waals surface area contributed by atoms with Crippen LogP contribution in [0.1, 0.15) is 5.56 Å². The standard InChI is InChI=1S/C18H17F4N3OS/c19-14-3-1-2-4-15(14)24-7-9-25(10-8-24)17(26)12-27-16-6-5-13(11-23-16)18(20,21)22/h1-6,11H,7-10,12H2. The SMILES string of the molecule is O=C(CSc1ccc(C(F)(F)F)cn1)N1CCN(c2ccccc2F)CC1. The third kappa shape index (κ3) is 4.91. The minimum atomic E-state index is -4.43. The summed E-state index contributed by atoms with van der Waals surface area (Å²) in [5.74, 6) is -0.311. The molecule has 27 heavy (non-hydrogen) atoms. The number of pyridine rings is 1. The largest absolute Gasteiger partial charge is 0.417 e. The number of thioether (sulfide) groups is 1. The fourth-order valence-electron chi connectivity index (χ4n) is 2.77. The van der Waals surface area contributed by atoms with Crippen molar-refractivity contribution in [3.8, 4) is 0 Å². The Morgan fingerprint density at radius 1 is 1.07 bits per heavy atom. The Morgan fingerprint density at radius 3 is 2.37 bits per heavy atom. The second-order valence-electron chi connectivity index (χ2n) is 5.99. The normalized spacial score (nSPS) is 15.1. The molecule has 1 aromatic carbocycles. The fraction of sp³-hybridized carbons (Fsp3) is 0.333. The second-order valence-corrected chi connectivity index (χ2v) is 6.99. The van der Waals surface area contributed by atoms with Gasteiger partial charge in [0.05, 0.1) is 22.0 Å². The molecule has 1 saturated heterocycles. The Bertz CT molecular complexity index is 790. The molecule has 144 valence electrons. The van der Waals surface area contributed by atoms with E-state index in [1.807, 2.05) is 4.90 Å². The molecule has 0 N–H and O–H groups in total. The van der Waals surface area contributed by atoms with E-state index in [2.05, 4.69) is 4.98 Å². The van der Waals surface area contributed by atoms with Crippen molar-refractivity contribution in [2.24, 2.45) is 0 Å². The maximum absolute atomic E-state index is 13.8. The smallest absolute Gasteiger partial charge is 0.366 e. The van der Waals surface area contributed by atoms with Crippen LogP contribution in [0.15, 0.2) is 47.6 Å². The molecule has 9 heteroatoms. The van der Waals surface area contributed by atoms with Gasteiger partial charge in [0.2, 0.25) is 5.91 Å². The first-order chi connectivity index (χ1) is 12.8. The van der Waals surface area contributed by atoms with Gasteiger partial charge < -0.3 is 9.80 Å². The summed E-state index contributed by atoms with van der Waals surface area (Å²) in [6, 6.07) is 8.72. The Labute approximate surface area is 158 Å². The summed E-state index contributed by atoms with van der Waals surface area (Å²) in [7, 11) is 0. The number of para-hydroxylation sites is 1. The third-order valence-electron chi connectivity index (χ3n) is 4.23. The van der Waals surface area contributed by atoms with Crippen LogP contribution >= 0.6 is 11.8 Å². The van der Waals surface area contributed by atoms with Crippen molar-refractivity contribution in [3.05, 3.63) is 54.0 Å². The molecule has 0 bridgehead atoms. The van der Waals surface area contributed by atoms with E-state index in [1.54, 1.807) is 23.1 Å². The maximum atomic E-state index is 13.8. The van der Waals surface area contributed by atoms with Crippen molar-refractivity contribution >= 4 is 23.4 Å². The quantitative estimate of drug-likeness (QED) is 0.581. The van der Waals surface area contributed by atoms with Gasteiger partial charge >= 0.3 is 6.18 Å². The summed E-state index contributed by atoms with van der Waals surface area (Å²) in [5, 5.41) is 0.362. The van der Waals surface area contributed by atoms with Gasteiger partial charge in [0.1, 0.15) is 5.82 Å². The van der Waals surface area contributed by atoms with Crippen molar-refractivity contribution < 1.29 is 22.4 Å². The average molecular weight is 399 g/mol. The molecule has 1 aliphatic heterocycles. The lowest BCUT2D eigenvalue weighted by Gasteiger charge is -2.36. The number of hydrogen-bond acceptors (Lipinski definition) is 4. The Morgan fingerprint density at radius 2 is 1.78 bits per heavy atom. The van der Waals surface area contributed by atoms with Gasteiger partial charge in [-0.05, 0) is 24.3 Å². The average Bonchev–Trinajstić information content (AvgIpc) is 2.66. The van der Waals surface area contributed by atoms with Gasteiger partial charge in [-0.15, -0.1) is 0 Å². The zero-order valence-corrected chi connectivity index (χ0v) is 15.1. The summed E-state index contributed by atoms with van der Waals surface area (Å²) >= 11 is 1.10. The van der Waals surface area contributed by atoms with E-state index in [0.29, 0.717) is 36.9 Å². The van der Waals surface area contributed by atoms with Crippen LogP contribution in [0.5, 0.6) is 0 Å². The summed E-state index contributed by atoms with van der Waals surface area (Å²) < 4.78 is 51.4.